The van der Waals surface area contributed by atoms with Gasteiger partial charge in [-0.05, 0) is 56.1 Å². The van der Waals surface area contributed by atoms with E-state index < -0.39 is 0 Å². The molecule has 0 amide bonds. The van der Waals surface area contributed by atoms with Crippen molar-refractivity contribution in [2.75, 3.05) is 19.7 Å². The van der Waals surface area contributed by atoms with Crippen molar-refractivity contribution in [1.82, 2.24) is 5.32 Å². The second-order valence-electron chi connectivity index (χ2n) is 4.86. The summed E-state index contributed by atoms with van der Waals surface area (Å²) in [5, 5.41) is 3.29. The molecule has 1 fully saturated rings. The lowest BCUT2D eigenvalue weighted by Crippen LogP contribution is -2.12. The molecule has 1 atom stereocenters. The molecule has 2 rings (SSSR count). The average Bonchev–Trinajstić information content (AvgIpc) is 2.89. The Bertz CT molecular complexity index is 380. The highest BCUT2D eigenvalue weighted by Gasteiger charge is 2.18. The van der Waals surface area contributed by atoms with Crippen LogP contribution >= 0.6 is 0 Å². The third-order valence-corrected chi connectivity index (χ3v) is 3.29. The number of rotatable bonds is 6. The van der Waals surface area contributed by atoms with Gasteiger partial charge in [0.2, 0.25) is 0 Å². The van der Waals surface area contributed by atoms with Gasteiger partial charge in [-0.25, -0.2) is 0 Å². The molecule has 98 valence electrons. The number of hydrogen-bond donors (Lipinski definition) is 1. The minimum Gasteiger partial charge on any atom is -0.494 e. The lowest BCUT2D eigenvalue weighted by Gasteiger charge is -2.08. The first-order chi connectivity index (χ1) is 8.79. The van der Waals surface area contributed by atoms with Crippen molar-refractivity contribution in [2.45, 2.75) is 26.2 Å². The first-order valence-electron chi connectivity index (χ1n) is 6.76. The molecule has 1 unspecified atom stereocenters. The van der Waals surface area contributed by atoms with E-state index in [0.717, 1.165) is 43.9 Å². The molecular weight excluding hydrogens is 226 g/mol. The number of hydrogen-bond acceptors (Lipinski definition) is 3. The second kappa shape index (κ2) is 6.55. The molecule has 18 heavy (non-hydrogen) atoms. The number of ketones is 1. The third kappa shape index (κ3) is 3.57. The van der Waals surface area contributed by atoms with Crippen LogP contribution in [-0.2, 0) is 0 Å². The summed E-state index contributed by atoms with van der Waals surface area (Å²) in [5.41, 5.74) is 0.797. The van der Waals surface area contributed by atoms with Crippen molar-refractivity contribution in [3.63, 3.8) is 0 Å². The van der Waals surface area contributed by atoms with Crippen molar-refractivity contribution in [3.8, 4) is 5.75 Å². The van der Waals surface area contributed by atoms with E-state index in [1.165, 1.54) is 0 Å². The number of carbonyl (C=O) groups excluding carboxylic acids is 1. The largest absolute Gasteiger partial charge is 0.494 e. The average molecular weight is 247 g/mol. The van der Waals surface area contributed by atoms with E-state index in [1.807, 2.05) is 24.3 Å². The van der Waals surface area contributed by atoms with Crippen molar-refractivity contribution < 1.29 is 9.53 Å². The number of nitrogens with one attached hydrogen (secondary N) is 1. The van der Waals surface area contributed by atoms with Crippen LogP contribution in [0.3, 0.4) is 0 Å². The van der Waals surface area contributed by atoms with E-state index >= 15 is 0 Å². The van der Waals surface area contributed by atoms with Crippen LogP contribution in [0.4, 0.5) is 0 Å². The minimum absolute atomic E-state index is 0.241. The van der Waals surface area contributed by atoms with Crippen LogP contribution in [0.5, 0.6) is 5.75 Å². The molecule has 0 aromatic heterocycles. The maximum atomic E-state index is 12.1. The smallest absolute Gasteiger partial charge is 0.163 e. The van der Waals surface area contributed by atoms with Crippen molar-refractivity contribution >= 4 is 5.78 Å². The van der Waals surface area contributed by atoms with Gasteiger partial charge in [-0.3, -0.25) is 4.79 Å². The molecule has 1 N–H and O–H groups in total. The summed E-state index contributed by atoms with van der Waals surface area (Å²) in [6.45, 7) is 4.82. The zero-order valence-corrected chi connectivity index (χ0v) is 10.9. The van der Waals surface area contributed by atoms with Crippen LogP contribution in [0.25, 0.3) is 0 Å². The van der Waals surface area contributed by atoms with Crippen LogP contribution in [0.2, 0.25) is 0 Å². The summed E-state index contributed by atoms with van der Waals surface area (Å²) in [5.74, 6) is 1.59. The predicted molar refractivity (Wildman–Crippen MR) is 72.2 cm³/mol. The Kier molecular flexibility index (Phi) is 4.76. The van der Waals surface area contributed by atoms with Gasteiger partial charge in [-0.1, -0.05) is 6.92 Å². The monoisotopic (exact) mass is 247 g/mol. The maximum absolute atomic E-state index is 12.1. The van der Waals surface area contributed by atoms with E-state index in [4.69, 9.17) is 4.74 Å². The predicted octanol–water partition coefficient (Wildman–Crippen LogP) is 2.66. The molecule has 1 saturated heterocycles. The van der Waals surface area contributed by atoms with Gasteiger partial charge < -0.3 is 10.1 Å². The zero-order chi connectivity index (χ0) is 12.8. The van der Waals surface area contributed by atoms with E-state index in [9.17, 15) is 4.79 Å². The summed E-state index contributed by atoms with van der Waals surface area (Å²) in [6.07, 6.45) is 2.76. The Balaban J connectivity index is 1.89. The van der Waals surface area contributed by atoms with Crippen molar-refractivity contribution in [1.29, 1.82) is 0 Å². The van der Waals surface area contributed by atoms with E-state index in [0.29, 0.717) is 12.3 Å². The first kappa shape index (κ1) is 13.1. The molecule has 3 heteroatoms. The lowest BCUT2D eigenvalue weighted by atomic mass is 9.98. The molecule has 1 aromatic carbocycles. The van der Waals surface area contributed by atoms with Crippen LogP contribution in [-0.4, -0.2) is 25.5 Å². The van der Waals surface area contributed by atoms with Gasteiger partial charge in [0.25, 0.3) is 0 Å². The quantitative estimate of drug-likeness (QED) is 0.785. The highest BCUT2D eigenvalue weighted by Crippen LogP contribution is 2.18. The molecule has 1 aliphatic heterocycles. The Morgan fingerprint density at radius 3 is 2.78 bits per heavy atom. The second-order valence-corrected chi connectivity index (χ2v) is 4.86. The Morgan fingerprint density at radius 1 is 1.39 bits per heavy atom. The molecule has 1 aliphatic rings. The van der Waals surface area contributed by atoms with Crippen LogP contribution in [0.15, 0.2) is 24.3 Å². The SMILES string of the molecule is CCCOc1ccc(C(=O)CC2CCNC2)cc1. The van der Waals surface area contributed by atoms with Gasteiger partial charge in [-0.15, -0.1) is 0 Å². The molecule has 0 spiro atoms. The molecule has 1 aromatic rings. The van der Waals surface area contributed by atoms with Crippen LogP contribution in [0.1, 0.15) is 36.5 Å². The molecule has 0 aliphatic carbocycles. The topological polar surface area (TPSA) is 38.3 Å². The van der Waals surface area contributed by atoms with Gasteiger partial charge >= 0.3 is 0 Å². The number of carbonyl (C=O) groups is 1. The molecular formula is C15H21NO2. The molecule has 0 bridgehead atoms. The fourth-order valence-electron chi connectivity index (χ4n) is 2.23. The standard InChI is InChI=1S/C15H21NO2/c1-2-9-18-14-5-3-13(4-6-14)15(17)10-12-7-8-16-11-12/h3-6,12,16H,2,7-11H2,1H3. The zero-order valence-electron chi connectivity index (χ0n) is 10.9. The first-order valence-corrected chi connectivity index (χ1v) is 6.76. The highest BCUT2D eigenvalue weighted by atomic mass is 16.5. The Labute approximate surface area is 109 Å². The van der Waals surface area contributed by atoms with Crippen molar-refractivity contribution in [2.24, 2.45) is 5.92 Å². The van der Waals surface area contributed by atoms with Gasteiger partial charge in [0.15, 0.2) is 5.78 Å². The van der Waals surface area contributed by atoms with Gasteiger partial charge in [0, 0.05) is 12.0 Å². The maximum Gasteiger partial charge on any atom is 0.163 e. The summed E-state index contributed by atoms with van der Waals surface area (Å²) >= 11 is 0. The van der Waals surface area contributed by atoms with Gasteiger partial charge in [-0.2, -0.15) is 0 Å². The summed E-state index contributed by atoms with van der Waals surface area (Å²) < 4.78 is 5.50. The van der Waals surface area contributed by atoms with Gasteiger partial charge in [0.1, 0.15) is 5.75 Å². The lowest BCUT2D eigenvalue weighted by molar-refractivity contribution is 0.0964. The Morgan fingerprint density at radius 2 is 2.17 bits per heavy atom. The molecule has 0 saturated carbocycles. The van der Waals surface area contributed by atoms with Gasteiger partial charge in [0.05, 0.1) is 6.61 Å². The fourth-order valence-corrected chi connectivity index (χ4v) is 2.23. The van der Waals surface area contributed by atoms with Crippen LogP contribution < -0.4 is 10.1 Å². The highest BCUT2D eigenvalue weighted by molar-refractivity contribution is 5.96. The summed E-state index contributed by atoms with van der Waals surface area (Å²) in [6, 6.07) is 7.51. The summed E-state index contributed by atoms with van der Waals surface area (Å²) in [4.78, 5) is 12.1. The van der Waals surface area contributed by atoms with E-state index in [1.54, 1.807) is 0 Å². The fraction of sp³-hybridized carbons (Fsp3) is 0.533. The minimum atomic E-state index is 0.241. The van der Waals surface area contributed by atoms with E-state index in [-0.39, 0.29) is 5.78 Å². The van der Waals surface area contributed by atoms with Crippen molar-refractivity contribution in [3.05, 3.63) is 29.8 Å². The summed E-state index contributed by atoms with van der Waals surface area (Å²) in [7, 11) is 0. The van der Waals surface area contributed by atoms with E-state index in [2.05, 4.69) is 12.2 Å². The molecule has 1 heterocycles. The molecule has 3 nitrogen and oxygen atoms in total. The number of ether oxygens (including phenoxy) is 1. The molecule has 0 radical (unpaired) electrons. The van der Waals surface area contributed by atoms with Crippen LogP contribution in [0, 0.1) is 5.92 Å². The number of benzene rings is 1. The Hall–Kier alpha value is -1.35. The third-order valence-electron chi connectivity index (χ3n) is 3.29. The number of Topliss-reactive ketones (excluding diaryl/α,β-unsaturated/α-hetero) is 1. The normalized spacial score (nSPS) is 18.8.